The number of amides is 2. The molecule has 1 aliphatic rings. The summed E-state index contributed by atoms with van der Waals surface area (Å²) in [7, 11) is -3.73. The number of anilines is 1. The average Bonchev–Trinajstić information content (AvgIpc) is 2.84. The normalized spacial score (nSPS) is 15.2. The molecule has 0 aliphatic heterocycles. The summed E-state index contributed by atoms with van der Waals surface area (Å²) < 4.78 is 27.5. The minimum atomic E-state index is -3.73. The Kier molecular flexibility index (Phi) is 10.2. The zero-order chi connectivity index (χ0) is 26.3. The first-order valence-corrected chi connectivity index (χ1v) is 15.4. The Labute approximate surface area is 228 Å². The Hall–Kier alpha value is -2.14. The Bertz CT molecular complexity index is 1150. The summed E-state index contributed by atoms with van der Waals surface area (Å²) in [6.45, 7) is 3.71. The highest BCUT2D eigenvalue weighted by Crippen LogP contribution is 2.22. The van der Waals surface area contributed by atoms with Crippen LogP contribution in [0.4, 0.5) is 5.69 Å². The number of hydrogen-bond acceptors (Lipinski definition) is 4. The van der Waals surface area contributed by atoms with Crippen LogP contribution in [0.2, 0.25) is 0 Å². The number of aryl methyl sites for hydroxylation is 1. The lowest BCUT2D eigenvalue weighted by molar-refractivity contribution is -0.140. The third-order valence-corrected chi connectivity index (χ3v) is 8.59. The first kappa shape index (κ1) is 28.4. The van der Waals surface area contributed by atoms with Crippen molar-refractivity contribution in [2.45, 2.75) is 71.0 Å². The third kappa shape index (κ3) is 7.68. The van der Waals surface area contributed by atoms with E-state index in [9.17, 15) is 18.0 Å². The van der Waals surface area contributed by atoms with Crippen molar-refractivity contribution < 1.29 is 18.0 Å². The van der Waals surface area contributed by atoms with E-state index in [1.54, 1.807) is 29.2 Å². The maximum absolute atomic E-state index is 13.8. The second kappa shape index (κ2) is 12.9. The average molecular weight is 626 g/mol. The number of carbonyl (C=O) groups excluding carboxylic acids is 2. The Balaban J connectivity index is 1.91. The van der Waals surface area contributed by atoms with E-state index in [0.29, 0.717) is 12.1 Å². The highest BCUT2D eigenvalue weighted by atomic mass is 127. The van der Waals surface area contributed by atoms with Gasteiger partial charge in [0.05, 0.1) is 11.9 Å². The highest BCUT2D eigenvalue weighted by molar-refractivity contribution is 14.1. The number of rotatable bonds is 10. The molecule has 1 saturated carbocycles. The van der Waals surface area contributed by atoms with E-state index in [4.69, 9.17) is 0 Å². The Morgan fingerprint density at radius 3 is 2.28 bits per heavy atom. The summed E-state index contributed by atoms with van der Waals surface area (Å²) in [5, 5.41) is 3.16. The zero-order valence-corrected chi connectivity index (χ0v) is 24.2. The summed E-state index contributed by atoms with van der Waals surface area (Å²) in [5.74, 6) is -0.584. The van der Waals surface area contributed by atoms with Crippen LogP contribution in [0.25, 0.3) is 0 Å². The van der Waals surface area contributed by atoms with Gasteiger partial charge >= 0.3 is 0 Å². The molecule has 2 aromatic rings. The molecule has 3 rings (SSSR count). The quantitative estimate of drug-likeness (QED) is 0.391. The molecular weight excluding hydrogens is 589 g/mol. The van der Waals surface area contributed by atoms with E-state index in [2.05, 4.69) is 27.9 Å². The molecule has 0 spiro atoms. The van der Waals surface area contributed by atoms with Crippen molar-refractivity contribution >= 4 is 50.1 Å². The summed E-state index contributed by atoms with van der Waals surface area (Å²) in [4.78, 5) is 28.8. The van der Waals surface area contributed by atoms with Gasteiger partial charge in [0.2, 0.25) is 21.8 Å². The lowest BCUT2D eigenvalue weighted by Gasteiger charge is -2.34. The number of benzene rings is 2. The van der Waals surface area contributed by atoms with Crippen molar-refractivity contribution in [3.8, 4) is 0 Å². The van der Waals surface area contributed by atoms with Crippen molar-refractivity contribution in [2.24, 2.45) is 0 Å². The molecule has 2 amide bonds. The van der Waals surface area contributed by atoms with Gasteiger partial charge in [-0.05, 0) is 84.2 Å². The highest BCUT2D eigenvalue weighted by Gasteiger charge is 2.33. The number of nitrogens with zero attached hydrogens (tertiary/aromatic N) is 2. The molecule has 9 heteroatoms. The number of carbonyl (C=O) groups is 2. The van der Waals surface area contributed by atoms with Crippen LogP contribution >= 0.6 is 22.6 Å². The predicted octanol–water partition coefficient (Wildman–Crippen LogP) is 4.62. The Morgan fingerprint density at radius 1 is 1.06 bits per heavy atom. The molecule has 0 saturated heterocycles. The molecule has 1 aliphatic carbocycles. The second-order valence-corrected chi connectivity index (χ2v) is 12.6. The summed E-state index contributed by atoms with van der Waals surface area (Å²) in [5.41, 5.74) is 2.35. The lowest BCUT2D eigenvalue weighted by atomic mass is 9.95. The standard InChI is InChI=1S/C27H36IN3O4S/c1-4-25(27(33)29-23-12-6-5-7-13-23)30(18-21-11-9-8-10-20(21)2)26(32)19-31(36(3,34)35)24-16-14-22(28)15-17-24/h8-11,14-17,23,25H,4-7,12-13,18-19H2,1-3H3,(H,29,33). The molecule has 2 aromatic carbocycles. The Morgan fingerprint density at radius 2 is 1.69 bits per heavy atom. The summed E-state index contributed by atoms with van der Waals surface area (Å²) in [6.07, 6.45) is 6.78. The van der Waals surface area contributed by atoms with Crippen molar-refractivity contribution in [1.82, 2.24) is 10.2 Å². The monoisotopic (exact) mass is 625 g/mol. The van der Waals surface area contributed by atoms with Crippen molar-refractivity contribution in [3.63, 3.8) is 0 Å². The fourth-order valence-electron chi connectivity index (χ4n) is 4.66. The number of hydrogen-bond donors (Lipinski definition) is 1. The third-order valence-electron chi connectivity index (χ3n) is 6.73. The van der Waals surface area contributed by atoms with Crippen LogP contribution in [0, 0.1) is 10.5 Å². The van der Waals surface area contributed by atoms with Gasteiger partial charge in [-0.2, -0.15) is 0 Å². The first-order chi connectivity index (χ1) is 17.1. The molecule has 1 atom stereocenters. The van der Waals surface area contributed by atoms with Gasteiger partial charge in [-0.1, -0.05) is 50.5 Å². The second-order valence-electron chi connectivity index (χ2n) is 9.46. The van der Waals surface area contributed by atoms with Crippen LogP contribution in [0.3, 0.4) is 0 Å². The van der Waals surface area contributed by atoms with E-state index in [1.165, 1.54) is 6.42 Å². The van der Waals surface area contributed by atoms with Crippen LogP contribution in [0.5, 0.6) is 0 Å². The minimum absolute atomic E-state index is 0.120. The molecular formula is C27H36IN3O4S. The fourth-order valence-corrected chi connectivity index (χ4v) is 5.87. The number of halogens is 1. The molecule has 1 fully saturated rings. The molecule has 1 unspecified atom stereocenters. The maximum atomic E-state index is 13.8. The van der Waals surface area contributed by atoms with Gasteiger partial charge in [0, 0.05) is 16.2 Å². The SMILES string of the molecule is CCC(C(=O)NC1CCCCC1)N(Cc1ccccc1C)C(=O)CN(c1ccc(I)cc1)S(C)(=O)=O. The number of nitrogens with one attached hydrogen (secondary N) is 1. The van der Waals surface area contributed by atoms with Crippen LogP contribution in [-0.4, -0.2) is 50.0 Å². The van der Waals surface area contributed by atoms with Crippen molar-refractivity contribution in [2.75, 3.05) is 17.1 Å². The van der Waals surface area contributed by atoms with Crippen LogP contribution < -0.4 is 9.62 Å². The van der Waals surface area contributed by atoms with E-state index in [-0.39, 0.29) is 25.0 Å². The molecule has 0 radical (unpaired) electrons. The van der Waals surface area contributed by atoms with Gasteiger partial charge in [-0.25, -0.2) is 8.42 Å². The smallest absolute Gasteiger partial charge is 0.244 e. The van der Waals surface area contributed by atoms with E-state index in [0.717, 1.165) is 50.9 Å². The maximum Gasteiger partial charge on any atom is 0.244 e. The topological polar surface area (TPSA) is 86.8 Å². The molecule has 7 nitrogen and oxygen atoms in total. The van der Waals surface area contributed by atoms with Gasteiger partial charge in [0.15, 0.2) is 0 Å². The largest absolute Gasteiger partial charge is 0.352 e. The molecule has 0 aromatic heterocycles. The fraction of sp³-hybridized carbons (Fsp3) is 0.481. The molecule has 0 bridgehead atoms. The van der Waals surface area contributed by atoms with Gasteiger partial charge in [0.1, 0.15) is 12.6 Å². The van der Waals surface area contributed by atoms with Crippen LogP contribution in [0.15, 0.2) is 48.5 Å². The van der Waals surface area contributed by atoms with Crippen molar-refractivity contribution in [1.29, 1.82) is 0 Å². The van der Waals surface area contributed by atoms with Crippen LogP contribution in [-0.2, 0) is 26.2 Å². The van der Waals surface area contributed by atoms with E-state index >= 15 is 0 Å². The van der Waals surface area contributed by atoms with Gasteiger partial charge in [0.25, 0.3) is 0 Å². The number of sulfonamides is 1. The summed E-state index contributed by atoms with van der Waals surface area (Å²) >= 11 is 2.15. The molecule has 1 N–H and O–H groups in total. The summed E-state index contributed by atoms with van der Waals surface area (Å²) in [6, 6.07) is 14.1. The molecule has 196 valence electrons. The minimum Gasteiger partial charge on any atom is -0.352 e. The zero-order valence-electron chi connectivity index (χ0n) is 21.2. The lowest BCUT2D eigenvalue weighted by Crippen LogP contribution is -2.54. The first-order valence-electron chi connectivity index (χ1n) is 12.5. The van der Waals surface area contributed by atoms with Crippen LogP contribution in [0.1, 0.15) is 56.6 Å². The molecule has 0 heterocycles. The van der Waals surface area contributed by atoms with Gasteiger partial charge in [-0.15, -0.1) is 0 Å². The van der Waals surface area contributed by atoms with E-state index < -0.39 is 22.0 Å². The van der Waals surface area contributed by atoms with Gasteiger partial charge < -0.3 is 10.2 Å². The van der Waals surface area contributed by atoms with Crippen molar-refractivity contribution in [3.05, 3.63) is 63.2 Å². The predicted molar refractivity (Wildman–Crippen MR) is 152 cm³/mol. The van der Waals surface area contributed by atoms with E-state index in [1.807, 2.05) is 38.1 Å². The molecule has 36 heavy (non-hydrogen) atoms. The van der Waals surface area contributed by atoms with Gasteiger partial charge in [-0.3, -0.25) is 13.9 Å².